The standard InChI is InChI=1S/C11H20FNO2/c12-10-6-2-1-3-8-11(13(14)15)9-5-4-7-10/h10-11H,1-9H2. The number of nitrogens with zero attached hydrogens (tertiary/aromatic N) is 1. The molecule has 0 spiro atoms. The first-order chi connectivity index (χ1) is 7.20. The first-order valence-corrected chi connectivity index (χ1v) is 5.97. The summed E-state index contributed by atoms with van der Waals surface area (Å²) in [5, 5.41) is 10.7. The van der Waals surface area contributed by atoms with E-state index >= 15 is 0 Å². The average molecular weight is 217 g/mol. The van der Waals surface area contributed by atoms with E-state index in [9.17, 15) is 14.5 Å². The average Bonchev–Trinajstić information content (AvgIpc) is 2.23. The van der Waals surface area contributed by atoms with Crippen molar-refractivity contribution < 1.29 is 9.31 Å². The summed E-state index contributed by atoms with van der Waals surface area (Å²) in [4.78, 5) is 10.5. The van der Waals surface area contributed by atoms with Crippen molar-refractivity contribution in [2.24, 2.45) is 0 Å². The van der Waals surface area contributed by atoms with E-state index in [1.165, 1.54) is 0 Å². The normalized spacial score (nSPS) is 30.5. The van der Waals surface area contributed by atoms with Gasteiger partial charge in [0.15, 0.2) is 0 Å². The molecule has 4 heteroatoms. The van der Waals surface area contributed by atoms with Crippen LogP contribution >= 0.6 is 0 Å². The van der Waals surface area contributed by atoms with E-state index in [0.717, 1.165) is 32.1 Å². The van der Waals surface area contributed by atoms with Gasteiger partial charge in [0.1, 0.15) is 6.17 Å². The lowest BCUT2D eigenvalue weighted by molar-refractivity contribution is -0.524. The van der Waals surface area contributed by atoms with Crippen LogP contribution in [0.15, 0.2) is 0 Å². The Morgan fingerprint density at radius 2 is 1.40 bits per heavy atom. The van der Waals surface area contributed by atoms with Crippen molar-refractivity contribution in [1.82, 2.24) is 0 Å². The molecule has 0 radical (unpaired) electrons. The lowest BCUT2D eigenvalue weighted by Gasteiger charge is -2.07. The zero-order valence-electron chi connectivity index (χ0n) is 9.16. The van der Waals surface area contributed by atoms with Gasteiger partial charge in [-0.1, -0.05) is 19.3 Å². The van der Waals surface area contributed by atoms with Gasteiger partial charge in [-0.15, -0.1) is 0 Å². The minimum absolute atomic E-state index is 0.162. The number of nitro groups is 1. The highest BCUT2D eigenvalue weighted by Crippen LogP contribution is 2.20. The van der Waals surface area contributed by atoms with Crippen LogP contribution in [0.2, 0.25) is 0 Å². The molecular formula is C11H20FNO2. The Morgan fingerprint density at radius 3 is 2.00 bits per heavy atom. The lowest BCUT2D eigenvalue weighted by Crippen LogP contribution is -2.19. The van der Waals surface area contributed by atoms with Gasteiger partial charge in [-0.05, 0) is 25.7 Å². The summed E-state index contributed by atoms with van der Waals surface area (Å²) in [5.74, 6) is 0. The van der Waals surface area contributed by atoms with E-state index in [2.05, 4.69) is 0 Å². The summed E-state index contributed by atoms with van der Waals surface area (Å²) in [5.41, 5.74) is 0. The summed E-state index contributed by atoms with van der Waals surface area (Å²) in [7, 11) is 0. The number of alkyl halides is 1. The van der Waals surface area contributed by atoms with Crippen LogP contribution < -0.4 is 0 Å². The van der Waals surface area contributed by atoms with Crippen molar-refractivity contribution in [2.75, 3.05) is 0 Å². The fraction of sp³-hybridized carbons (Fsp3) is 1.00. The molecule has 15 heavy (non-hydrogen) atoms. The van der Waals surface area contributed by atoms with Gasteiger partial charge in [-0.25, -0.2) is 4.39 Å². The van der Waals surface area contributed by atoms with Gasteiger partial charge in [-0.3, -0.25) is 10.1 Å². The SMILES string of the molecule is O=[N+]([O-])C1CCCCCC(F)CCCC1. The quantitative estimate of drug-likeness (QED) is 0.498. The summed E-state index contributed by atoms with van der Waals surface area (Å²) in [6, 6.07) is -0.388. The zero-order valence-corrected chi connectivity index (χ0v) is 9.16. The fourth-order valence-electron chi connectivity index (χ4n) is 2.17. The molecular weight excluding hydrogens is 197 g/mol. The summed E-state index contributed by atoms with van der Waals surface area (Å²) in [6.07, 6.45) is 6.13. The topological polar surface area (TPSA) is 43.1 Å². The molecule has 1 saturated carbocycles. The maximum Gasteiger partial charge on any atom is 0.213 e. The third-order valence-electron chi connectivity index (χ3n) is 3.16. The van der Waals surface area contributed by atoms with Gasteiger partial charge in [0.25, 0.3) is 0 Å². The molecule has 3 nitrogen and oxygen atoms in total. The van der Waals surface area contributed by atoms with Gasteiger partial charge >= 0.3 is 0 Å². The lowest BCUT2D eigenvalue weighted by atomic mass is 10.0. The van der Waals surface area contributed by atoms with Gasteiger partial charge in [0.2, 0.25) is 6.04 Å². The Bertz CT molecular complexity index is 199. The second kappa shape index (κ2) is 6.75. The molecule has 0 aromatic heterocycles. The van der Waals surface area contributed by atoms with Gasteiger partial charge in [0, 0.05) is 17.8 Å². The molecule has 0 amide bonds. The van der Waals surface area contributed by atoms with Crippen molar-refractivity contribution in [2.45, 2.75) is 70.0 Å². The first kappa shape index (κ1) is 12.4. The van der Waals surface area contributed by atoms with Crippen molar-refractivity contribution >= 4 is 0 Å². The van der Waals surface area contributed by atoms with Crippen LogP contribution in [0.3, 0.4) is 0 Å². The molecule has 0 saturated heterocycles. The molecule has 2 unspecified atom stereocenters. The molecule has 1 aliphatic rings. The molecule has 0 aliphatic heterocycles. The molecule has 0 aromatic rings. The number of hydrogen-bond donors (Lipinski definition) is 0. The summed E-state index contributed by atoms with van der Waals surface area (Å²) in [6.45, 7) is 0. The third kappa shape index (κ3) is 5.09. The van der Waals surface area contributed by atoms with Gasteiger partial charge in [0.05, 0.1) is 0 Å². The zero-order chi connectivity index (χ0) is 11.1. The van der Waals surface area contributed by atoms with Gasteiger partial charge in [-0.2, -0.15) is 0 Å². The fourth-order valence-corrected chi connectivity index (χ4v) is 2.17. The Morgan fingerprint density at radius 1 is 0.933 bits per heavy atom. The highest BCUT2D eigenvalue weighted by Gasteiger charge is 2.20. The Kier molecular flexibility index (Phi) is 5.58. The molecule has 0 bridgehead atoms. The minimum Gasteiger partial charge on any atom is -0.264 e. The van der Waals surface area contributed by atoms with Crippen molar-refractivity contribution in [3.05, 3.63) is 10.1 Å². The second-order valence-corrected chi connectivity index (χ2v) is 4.46. The second-order valence-electron chi connectivity index (χ2n) is 4.46. The van der Waals surface area contributed by atoms with E-state index in [4.69, 9.17) is 0 Å². The smallest absolute Gasteiger partial charge is 0.213 e. The molecule has 1 rings (SSSR count). The Hall–Kier alpha value is -0.670. The number of hydrogen-bond acceptors (Lipinski definition) is 2. The van der Waals surface area contributed by atoms with Crippen molar-refractivity contribution in [3.63, 3.8) is 0 Å². The van der Waals surface area contributed by atoms with Gasteiger partial charge < -0.3 is 0 Å². The predicted molar refractivity (Wildman–Crippen MR) is 57.2 cm³/mol. The Labute approximate surface area is 90.2 Å². The summed E-state index contributed by atoms with van der Waals surface area (Å²) < 4.78 is 13.2. The molecule has 1 aliphatic carbocycles. The molecule has 0 N–H and O–H groups in total. The van der Waals surface area contributed by atoms with Crippen LogP contribution in [0.5, 0.6) is 0 Å². The van der Waals surface area contributed by atoms with E-state index in [1.54, 1.807) is 0 Å². The number of rotatable bonds is 1. The van der Waals surface area contributed by atoms with E-state index in [-0.39, 0.29) is 11.0 Å². The van der Waals surface area contributed by atoms with E-state index < -0.39 is 6.17 Å². The summed E-state index contributed by atoms with van der Waals surface area (Å²) >= 11 is 0. The van der Waals surface area contributed by atoms with Crippen LogP contribution in [0.1, 0.15) is 57.8 Å². The van der Waals surface area contributed by atoms with Crippen LogP contribution in [-0.2, 0) is 0 Å². The van der Waals surface area contributed by atoms with Crippen LogP contribution in [0, 0.1) is 10.1 Å². The number of halogens is 1. The third-order valence-corrected chi connectivity index (χ3v) is 3.16. The highest BCUT2D eigenvalue weighted by atomic mass is 19.1. The molecule has 2 atom stereocenters. The predicted octanol–water partition coefficient (Wildman–Crippen LogP) is 3.49. The largest absolute Gasteiger partial charge is 0.264 e. The van der Waals surface area contributed by atoms with E-state index in [1.807, 2.05) is 0 Å². The van der Waals surface area contributed by atoms with Crippen molar-refractivity contribution in [1.29, 1.82) is 0 Å². The maximum atomic E-state index is 13.2. The minimum atomic E-state index is -0.683. The maximum absolute atomic E-state index is 13.2. The molecule has 0 heterocycles. The monoisotopic (exact) mass is 217 g/mol. The van der Waals surface area contributed by atoms with E-state index in [0.29, 0.717) is 25.7 Å². The van der Waals surface area contributed by atoms with Crippen LogP contribution in [-0.4, -0.2) is 17.1 Å². The van der Waals surface area contributed by atoms with Crippen LogP contribution in [0.25, 0.3) is 0 Å². The Balaban J connectivity index is 2.36. The van der Waals surface area contributed by atoms with Crippen molar-refractivity contribution in [3.8, 4) is 0 Å². The molecule has 88 valence electrons. The molecule has 1 fully saturated rings. The molecule has 0 aromatic carbocycles. The first-order valence-electron chi connectivity index (χ1n) is 5.97. The van der Waals surface area contributed by atoms with Crippen LogP contribution in [0.4, 0.5) is 4.39 Å². The highest BCUT2D eigenvalue weighted by molar-refractivity contribution is 4.64.